The van der Waals surface area contributed by atoms with Crippen molar-refractivity contribution in [1.82, 2.24) is 0 Å². The van der Waals surface area contributed by atoms with Gasteiger partial charge in [0.05, 0.1) is 0 Å². The second kappa shape index (κ2) is 4.48. The third kappa shape index (κ3) is 3.00. The lowest BCUT2D eigenvalue weighted by molar-refractivity contribution is 0.166. The second-order valence-corrected chi connectivity index (χ2v) is 3.17. The van der Waals surface area contributed by atoms with Crippen molar-refractivity contribution in [1.29, 1.82) is 0 Å². The molecule has 0 rings (SSSR count). The van der Waals surface area contributed by atoms with Crippen molar-refractivity contribution in [2.45, 2.75) is 0 Å². The van der Waals surface area contributed by atoms with Crippen LogP contribution in [-0.2, 0) is 18.1 Å². The molecule has 0 aliphatic rings. The average molecular weight is 164 g/mol. The highest BCUT2D eigenvalue weighted by atomic mass is 31.2. The number of hydrogen-bond donors (Lipinski definition) is 0. The summed E-state index contributed by atoms with van der Waals surface area (Å²) in [6, 6.07) is 0. The molecule has 0 heterocycles. The Hall–Kier alpha value is -0.330. The van der Waals surface area contributed by atoms with E-state index in [9.17, 15) is 4.57 Å². The van der Waals surface area contributed by atoms with Gasteiger partial charge >= 0.3 is 7.82 Å². The third-order valence-corrected chi connectivity index (χ3v) is 2.09. The zero-order valence-corrected chi connectivity index (χ0v) is 6.76. The summed E-state index contributed by atoms with van der Waals surface area (Å²) in [5, 5.41) is 0. The fourth-order valence-electron chi connectivity index (χ4n) is 0.296. The summed E-state index contributed by atoms with van der Waals surface area (Å²) in [5.41, 5.74) is 0. The van der Waals surface area contributed by atoms with Gasteiger partial charge in [0.25, 0.3) is 0 Å². The SMILES string of the molecule is C#CCOP(=O)(OC)OC. The lowest BCUT2D eigenvalue weighted by Crippen LogP contribution is -1.94. The Morgan fingerprint density at radius 2 is 2.00 bits per heavy atom. The van der Waals surface area contributed by atoms with E-state index < -0.39 is 7.82 Å². The molecule has 10 heavy (non-hydrogen) atoms. The first kappa shape index (κ1) is 9.67. The summed E-state index contributed by atoms with van der Waals surface area (Å²) in [6.07, 6.45) is 4.84. The van der Waals surface area contributed by atoms with E-state index in [2.05, 4.69) is 19.5 Å². The van der Waals surface area contributed by atoms with Gasteiger partial charge in [-0.25, -0.2) is 4.57 Å². The summed E-state index contributed by atoms with van der Waals surface area (Å²) in [5.74, 6) is 2.14. The van der Waals surface area contributed by atoms with Crippen LogP contribution in [0, 0.1) is 12.3 Å². The standard InChI is InChI=1S/C5H9O4P/c1-4-5-9-10(6,7-2)8-3/h1H,5H2,2-3H3. The molecule has 0 aromatic carbocycles. The van der Waals surface area contributed by atoms with Crippen LogP contribution in [-0.4, -0.2) is 20.8 Å². The predicted octanol–water partition coefficient (Wildman–Crippen LogP) is 1.04. The Bertz CT molecular complexity index is 163. The molecule has 0 fully saturated rings. The van der Waals surface area contributed by atoms with E-state index in [4.69, 9.17) is 6.42 Å². The van der Waals surface area contributed by atoms with Gasteiger partial charge in [-0.1, -0.05) is 5.92 Å². The minimum Gasteiger partial charge on any atom is -0.290 e. The van der Waals surface area contributed by atoms with Crippen LogP contribution < -0.4 is 0 Å². The van der Waals surface area contributed by atoms with Crippen LogP contribution in [0.2, 0.25) is 0 Å². The van der Waals surface area contributed by atoms with Gasteiger partial charge in [0.2, 0.25) is 0 Å². The van der Waals surface area contributed by atoms with E-state index in [0.29, 0.717) is 0 Å². The molecule has 5 heteroatoms. The summed E-state index contributed by atoms with van der Waals surface area (Å²) in [6.45, 7) is -0.0844. The first-order chi connectivity index (χ1) is 4.68. The molecule has 0 amide bonds. The molecule has 0 saturated heterocycles. The molecule has 0 aliphatic carbocycles. The number of phosphoric ester groups is 1. The third-order valence-electron chi connectivity index (χ3n) is 0.753. The van der Waals surface area contributed by atoms with Crippen LogP contribution in [0.3, 0.4) is 0 Å². The molecular weight excluding hydrogens is 155 g/mol. The van der Waals surface area contributed by atoms with E-state index in [0.717, 1.165) is 0 Å². The van der Waals surface area contributed by atoms with Crippen molar-refractivity contribution in [3.05, 3.63) is 0 Å². The second-order valence-electron chi connectivity index (χ2n) is 1.29. The van der Waals surface area contributed by atoms with Crippen molar-refractivity contribution >= 4 is 7.82 Å². The first-order valence-corrected chi connectivity index (χ1v) is 3.94. The zero-order valence-electron chi connectivity index (χ0n) is 5.86. The highest BCUT2D eigenvalue weighted by molar-refractivity contribution is 7.48. The molecule has 0 aliphatic heterocycles. The molecule has 0 spiro atoms. The summed E-state index contributed by atoms with van der Waals surface area (Å²) in [4.78, 5) is 0. The van der Waals surface area contributed by atoms with Crippen LogP contribution in [0.25, 0.3) is 0 Å². The van der Waals surface area contributed by atoms with Gasteiger partial charge in [0.15, 0.2) is 0 Å². The smallest absolute Gasteiger partial charge is 0.290 e. The van der Waals surface area contributed by atoms with Crippen molar-refractivity contribution < 1.29 is 18.1 Å². The van der Waals surface area contributed by atoms with Crippen LogP contribution in [0.15, 0.2) is 0 Å². The average Bonchev–Trinajstić information content (AvgIpc) is 2.00. The van der Waals surface area contributed by atoms with Gasteiger partial charge in [0.1, 0.15) is 6.61 Å². The summed E-state index contributed by atoms with van der Waals surface area (Å²) < 4.78 is 24.3. The highest BCUT2D eigenvalue weighted by Gasteiger charge is 2.21. The van der Waals surface area contributed by atoms with Gasteiger partial charge < -0.3 is 0 Å². The molecular formula is C5H9O4P. The van der Waals surface area contributed by atoms with Crippen molar-refractivity contribution in [3.63, 3.8) is 0 Å². The maximum atomic E-state index is 10.9. The quantitative estimate of drug-likeness (QED) is 0.460. The Morgan fingerprint density at radius 3 is 2.30 bits per heavy atom. The molecule has 58 valence electrons. The van der Waals surface area contributed by atoms with Gasteiger partial charge in [-0.05, 0) is 0 Å². The van der Waals surface area contributed by atoms with Crippen LogP contribution in [0.5, 0.6) is 0 Å². The maximum absolute atomic E-state index is 10.9. The summed E-state index contributed by atoms with van der Waals surface area (Å²) >= 11 is 0. The number of phosphoric acid groups is 1. The number of terminal acetylenes is 1. The Morgan fingerprint density at radius 1 is 1.50 bits per heavy atom. The first-order valence-electron chi connectivity index (χ1n) is 2.48. The van der Waals surface area contributed by atoms with E-state index in [-0.39, 0.29) is 6.61 Å². The van der Waals surface area contributed by atoms with E-state index in [1.54, 1.807) is 0 Å². The Balaban J connectivity index is 3.85. The lowest BCUT2D eigenvalue weighted by atomic mass is 10.8. The van der Waals surface area contributed by atoms with Crippen LogP contribution in [0.1, 0.15) is 0 Å². The van der Waals surface area contributed by atoms with Gasteiger partial charge in [-0.3, -0.25) is 13.6 Å². The molecule has 0 N–H and O–H groups in total. The minimum absolute atomic E-state index is 0.0844. The highest BCUT2D eigenvalue weighted by Crippen LogP contribution is 2.47. The zero-order chi connectivity index (χ0) is 8.04. The molecule has 0 atom stereocenters. The number of rotatable bonds is 4. The van der Waals surface area contributed by atoms with E-state index in [1.165, 1.54) is 14.2 Å². The van der Waals surface area contributed by atoms with Gasteiger partial charge in [0, 0.05) is 14.2 Å². The van der Waals surface area contributed by atoms with Crippen LogP contribution >= 0.6 is 7.82 Å². The van der Waals surface area contributed by atoms with Gasteiger partial charge in [-0.15, -0.1) is 6.42 Å². The Kier molecular flexibility index (Phi) is 4.33. The predicted molar refractivity (Wildman–Crippen MR) is 36.4 cm³/mol. The molecule has 0 saturated carbocycles. The fourth-order valence-corrected chi connectivity index (χ4v) is 0.889. The maximum Gasteiger partial charge on any atom is 0.475 e. The van der Waals surface area contributed by atoms with Crippen molar-refractivity contribution in [2.75, 3.05) is 20.8 Å². The molecule has 0 aromatic heterocycles. The monoisotopic (exact) mass is 164 g/mol. The minimum atomic E-state index is -3.34. The van der Waals surface area contributed by atoms with Crippen molar-refractivity contribution in [2.24, 2.45) is 0 Å². The van der Waals surface area contributed by atoms with Gasteiger partial charge in [-0.2, -0.15) is 0 Å². The molecule has 0 aromatic rings. The summed E-state index contributed by atoms with van der Waals surface area (Å²) in [7, 11) is -0.894. The lowest BCUT2D eigenvalue weighted by Gasteiger charge is -2.10. The molecule has 0 radical (unpaired) electrons. The Labute approximate surface area is 60.1 Å². The van der Waals surface area contributed by atoms with E-state index in [1.807, 2.05) is 0 Å². The topological polar surface area (TPSA) is 44.8 Å². The normalized spacial score (nSPS) is 10.9. The van der Waals surface area contributed by atoms with E-state index >= 15 is 0 Å². The fraction of sp³-hybridized carbons (Fsp3) is 0.600. The van der Waals surface area contributed by atoms with Crippen molar-refractivity contribution in [3.8, 4) is 12.3 Å². The largest absolute Gasteiger partial charge is 0.475 e. The molecule has 0 bridgehead atoms. The molecule has 0 unspecified atom stereocenters. The number of hydrogen-bond acceptors (Lipinski definition) is 4. The van der Waals surface area contributed by atoms with Crippen LogP contribution in [0.4, 0.5) is 0 Å². The molecule has 4 nitrogen and oxygen atoms in total.